The molecule has 0 spiro atoms. The number of amides is 2. The molecule has 0 saturated carbocycles. The summed E-state index contributed by atoms with van der Waals surface area (Å²) in [4.78, 5) is 27.0. The highest BCUT2D eigenvalue weighted by molar-refractivity contribution is 6.13. The first-order valence-electron chi connectivity index (χ1n) is 7.42. The van der Waals surface area contributed by atoms with Crippen LogP contribution in [0.25, 0.3) is 10.9 Å². The molecule has 0 aliphatic carbocycles. The Balaban J connectivity index is 1.62. The van der Waals surface area contributed by atoms with E-state index in [0.717, 1.165) is 27.7 Å². The molecule has 1 aliphatic heterocycles. The summed E-state index contributed by atoms with van der Waals surface area (Å²) in [6.07, 6.45) is 2.07. The summed E-state index contributed by atoms with van der Waals surface area (Å²) in [5.74, 6) is -0.187. The van der Waals surface area contributed by atoms with E-state index in [1.54, 1.807) is 12.3 Å². The number of benzene rings is 2. The van der Waals surface area contributed by atoms with E-state index >= 15 is 0 Å². The number of hydrogen-bond donors (Lipinski definition) is 3. The van der Waals surface area contributed by atoms with Crippen molar-refractivity contribution in [2.75, 3.05) is 10.6 Å². The van der Waals surface area contributed by atoms with E-state index in [9.17, 15) is 9.59 Å². The summed E-state index contributed by atoms with van der Waals surface area (Å²) < 4.78 is 0. The van der Waals surface area contributed by atoms with E-state index in [1.807, 2.05) is 37.3 Å². The maximum Gasteiger partial charge on any atom is 0.257 e. The van der Waals surface area contributed by atoms with Gasteiger partial charge in [-0.3, -0.25) is 9.59 Å². The largest absolute Gasteiger partial charge is 0.360 e. The Hall–Kier alpha value is -3.08. The number of anilines is 2. The van der Waals surface area contributed by atoms with Crippen LogP contribution in [0.2, 0.25) is 0 Å². The zero-order chi connectivity index (χ0) is 16.0. The summed E-state index contributed by atoms with van der Waals surface area (Å²) in [6.45, 7) is 2.01. The van der Waals surface area contributed by atoms with Crippen LogP contribution in [0.15, 0.2) is 42.6 Å². The highest BCUT2D eigenvalue weighted by Crippen LogP contribution is 2.27. The number of carbonyl (C=O) groups is 2. The second-order valence-corrected chi connectivity index (χ2v) is 5.80. The highest BCUT2D eigenvalue weighted by Gasteiger charge is 2.18. The number of nitrogens with one attached hydrogen (secondary N) is 3. The quantitative estimate of drug-likeness (QED) is 0.680. The van der Waals surface area contributed by atoms with Gasteiger partial charge < -0.3 is 15.6 Å². The molecule has 4 rings (SSSR count). The number of H-pyrrole nitrogens is 1. The lowest BCUT2D eigenvalue weighted by atomic mass is 10.1. The van der Waals surface area contributed by atoms with Gasteiger partial charge in [0.15, 0.2) is 0 Å². The van der Waals surface area contributed by atoms with Crippen LogP contribution in [0.4, 0.5) is 11.4 Å². The monoisotopic (exact) mass is 305 g/mol. The van der Waals surface area contributed by atoms with Crippen LogP contribution >= 0.6 is 0 Å². The first kappa shape index (κ1) is 13.6. The molecule has 1 aliphatic rings. The van der Waals surface area contributed by atoms with Crippen molar-refractivity contribution in [1.82, 2.24) is 4.98 Å². The van der Waals surface area contributed by atoms with E-state index in [2.05, 4.69) is 15.6 Å². The molecule has 3 aromatic rings. The first-order chi connectivity index (χ1) is 11.1. The number of carbonyl (C=O) groups excluding carboxylic acids is 2. The van der Waals surface area contributed by atoms with E-state index < -0.39 is 0 Å². The third-order valence-electron chi connectivity index (χ3n) is 4.07. The summed E-state index contributed by atoms with van der Waals surface area (Å²) >= 11 is 0. The molecule has 0 bridgehead atoms. The number of aromatic nitrogens is 1. The van der Waals surface area contributed by atoms with Gasteiger partial charge in [-0.25, -0.2) is 0 Å². The molecule has 3 N–H and O–H groups in total. The van der Waals surface area contributed by atoms with Crippen molar-refractivity contribution in [3.8, 4) is 0 Å². The van der Waals surface area contributed by atoms with Crippen LogP contribution in [0.5, 0.6) is 0 Å². The summed E-state index contributed by atoms with van der Waals surface area (Å²) in [5.41, 5.74) is 5.10. The Bertz CT molecular complexity index is 956. The Morgan fingerprint density at radius 1 is 1.17 bits per heavy atom. The van der Waals surface area contributed by atoms with Gasteiger partial charge in [-0.2, -0.15) is 0 Å². The Labute approximate surface area is 132 Å². The van der Waals surface area contributed by atoms with Crippen LogP contribution in [0.1, 0.15) is 21.5 Å². The molecule has 5 heteroatoms. The van der Waals surface area contributed by atoms with Gasteiger partial charge in [-0.1, -0.05) is 12.1 Å². The zero-order valence-electron chi connectivity index (χ0n) is 12.6. The maximum atomic E-state index is 12.5. The molecule has 0 fully saturated rings. The predicted octanol–water partition coefficient (Wildman–Crippen LogP) is 3.22. The van der Waals surface area contributed by atoms with E-state index in [1.165, 1.54) is 0 Å². The fourth-order valence-electron chi connectivity index (χ4n) is 2.93. The molecular formula is C18H15N3O2. The van der Waals surface area contributed by atoms with Crippen LogP contribution in [-0.2, 0) is 11.2 Å². The SMILES string of the molecule is Cc1ccc2c(C(=O)Nc3ccc4c(c3)CC(=O)N4)c[nH]c2c1. The van der Waals surface area contributed by atoms with Crippen molar-refractivity contribution < 1.29 is 9.59 Å². The Morgan fingerprint density at radius 3 is 2.91 bits per heavy atom. The molecule has 23 heavy (non-hydrogen) atoms. The minimum Gasteiger partial charge on any atom is -0.360 e. The normalized spacial score (nSPS) is 13.0. The highest BCUT2D eigenvalue weighted by atomic mass is 16.2. The second kappa shape index (κ2) is 4.98. The molecule has 5 nitrogen and oxygen atoms in total. The van der Waals surface area contributed by atoms with Gasteiger partial charge in [-0.05, 0) is 42.3 Å². The average Bonchev–Trinajstić information content (AvgIpc) is 3.08. The minimum atomic E-state index is -0.169. The van der Waals surface area contributed by atoms with E-state index in [0.29, 0.717) is 17.7 Å². The molecule has 0 radical (unpaired) electrons. The van der Waals surface area contributed by atoms with Gasteiger partial charge in [0.1, 0.15) is 0 Å². The molecule has 1 aromatic heterocycles. The Morgan fingerprint density at radius 2 is 2.04 bits per heavy atom. The third-order valence-corrected chi connectivity index (χ3v) is 4.07. The van der Waals surface area contributed by atoms with Crippen molar-refractivity contribution in [1.29, 1.82) is 0 Å². The molecular weight excluding hydrogens is 290 g/mol. The van der Waals surface area contributed by atoms with Gasteiger partial charge in [0.2, 0.25) is 5.91 Å². The van der Waals surface area contributed by atoms with Crippen molar-refractivity contribution >= 4 is 34.1 Å². The number of hydrogen-bond acceptors (Lipinski definition) is 2. The van der Waals surface area contributed by atoms with Gasteiger partial charge in [-0.15, -0.1) is 0 Å². The van der Waals surface area contributed by atoms with E-state index in [4.69, 9.17) is 0 Å². The molecule has 2 heterocycles. The van der Waals surface area contributed by atoms with Crippen molar-refractivity contribution in [2.45, 2.75) is 13.3 Å². The molecule has 0 unspecified atom stereocenters. The summed E-state index contributed by atoms with van der Waals surface area (Å²) in [7, 11) is 0. The van der Waals surface area contributed by atoms with Crippen molar-refractivity contribution in [3.63, 3.8) is 0 Å². The molecule has 2 aromatic carbocycles. The maximum absolute atomic E-state index is 12.5. The summed E-state index contributed by atoms with van der Waals surface area (Å²) in [5, 5.41) is 6.57. The first-order valence-corrected chi connectivity index (χ1v) is 7.42. The van der Waals surface area contributed by atoms with Crippen LogP contribution in [0.3, 0.4) is 0 Å². The lowest BCUT2D eigenvalue weighted by molar-refractivity contribution is -0.115. The van der Waals surface area contributed by atoms with Crippen LogP contribution in [-0.4, -0.2) is 16.8 Å². The number of aromatic amines is 1. The van der Waals surface area contributed by atoms with Gasteiger partial charge in [0.05, 0.1) is 12.0 Å². The van der Waals surface area contributed by atoms with Gasteiger partial charge in [0, 0.05) is 28.5 Å². The minimum absolute atomic E-state index is 0.0181. The van der Waals surface area contributed by atoms with E-state index in [-0.39, 0.29) is 11.8 Å². The zero-order valence-corrected chi connectivity index (χ0v) is 12.6. The fourth-order valence-corrected chi connectivity index (χ4v) is 2.93. The molecule has 2 amide bonds. The molecule has 0 atom stereocenters. The number of aryl methyl sites for hydroxylation is 1. The predicted molar refractivity (Wildman–Crippen MR) is 89.8 cm³/mol. The fraction of sp³-hybridized carbons (Fsp3) is 0.111. The Kier molecular flexibility index (Phi) is 2.94. The van der Waals surface area contributed by atoms with Gasteiger partial charge in [0.25, 0.3) is 5.91 Å². The van der Waals surface area contributed by atoms with Crippen molar-refractivity contribution in [2.24, 2.45) is 0 Å². The smallest absolute Gasteiger partial charge is 0.257 e. The van der Waals surface area contributed by atoms with Crippen LogP contribution < -0.4 is 10.6 Å². The molecule has 0 saturated heterocycles. The van der Waals surface area contributed by atoms with Gasteiger partial charge >= 0.3 is 0 Å². The number of rotatable bonds is 2. The second-order valence-electron chi connectivity index (χ2n) is 5.80. The standard InChI is InChI=1S/C18H15N3O2/c1-10-2-4-13-14(9-19-16(13)6-10)18(23)20-12-3-5-15-11(7-12)8-17(22)21-15/h2-7,9,19H,8H2,1H3,(H,20,23)(H,21,22). The summed E-state index contributed by atoms with van der Waals surface area (Å²) in [6, 6.07) is 11.4. The molecule has 114 valence electrons. The lowest BCUT2D eigenvalue weighted by Gasteiger charge is -2.06. The third kappa shape index (κ3) is 2.36. The average molecular weight is 305 g/mol. The lowest BCUT2D eigenvalue weighted by Crippen LogP contribution is -2.11. The topological polar surface area (TPSA) is 74.0 Å². The van der Waals surface area contributed by atoms with Crippen LogP contribution in [0, 0.1) is 6.92 Å². The number of fused-ring (bicyclic) bond motifs is 2. The van der Waals surface area contributed by atoms with Crippen molar-refractivity contribution in [3.05, 3.63) is 59.3 Å².